The third kappa shape index (κ3) is 4.11. The Morgan fingerprint density at radius 3 is 2.40 bits per heavy atom. The number of fused-ring (bicyclic) bond motifs is 1. The molecular weight excluding hydrogens is 388 g/mol. The molecule has 1 aliphatic heterocycles. The molecule has 0 aromatic heterocycles. The van der Waals surface area contributed by atoms with Crippen molar-refractivity contribution in [1.29, 1.82) is 0 Å². The molecule has 3 rings (SSSR count). The van der Waals surface area contributed by atoms with Crippen molar-refractivity contribution < 1.29 is 19.1 Å². The van der Waals surface area contributed by atoms with Crippen LogP contribution in [0.25, 0.3) is 0 Å². The molecule has 2 amide bonds. The lowest BCUT2D eigenvalue weighted by Crippen LogP contribution is -2.38. The lowest BCUT2D eigenvalue weighted by atomic mass is 10.1. The van der Waals surface area contributed by atoms with Gasteiger partial charge >= 0.3 is 0 Å². The number of primary amides is 1. The van der Waals surface area contributed by atoms with Crippen LogP contribution in [-0.2, 0) is 16.0 Å². The lowest BCUT2D eigenvalue weighted by molar-refractivity contribution is -0.127. The topological polar surface area (TPSA) is 90.7 Å². The van der Waals surface area contributed by atoms with Gasteiger partial charge in [-0.25, -0.2) is 0 Å². The van der Waals surface area contributed by atoms with Crippen molar-refractivity contribution in [1.82, 2.24) is 5.32 Å². The number of nitrogens with two attached hydrogens (primary N) is 1. The van der Waals surface area contributed by atoms with Gasteiger partial charge in [-0.1, -0.05) is 46.3 Å². The molecule has 1 atom stereocenters. The molecule has 0 aliphatic carbocycles. The highest BCUT2D eigenvalue weighted by Crippen LogP contribution is 2.35. The van der Waals surface area contributed by atoms with E-state index in [0.717, 1.165) is 10.0 Å². The molecule has 0 saturated heterocycles. The number of carbonyl (C=O) groups excluding carboxylic acids is 2. The van der Waals surface area contributed by atoms with Gasteiger partial charge in [0, 0.05) is 4.47 Å². The Morgan fingerprint density at radius 1 is 1.12 bits per heavy atom. The Morgan fingerprint density at radius 2 is 1.76 bits per heavy atom. The minimum atomic E-state index is -0.871. The fraction of sp³-hybridized carbons (Fsp3) is 0.222. The number of ether oxygens (including phenoxy) is 2. The van der Waals surface area contributed by atoms with Crippen molar-refractivity contribution in [2.45, 2.75) is 12.5 Å². The van der Waals surface area contributed by atoms with Crippen LogP contribution in [-0.4, -0.2) is 25.0 Å². The highest BCUT2D eigenvalue weighted by atomic mass is 79.9. The summed E-state index contributed by atoms with van der Waals surface area (Å²) in [7, 11) is 0. The second-order valence-corrected chi connectivity index (χ2v) is 6.43. The molecule has 1 aliphatic rings. The third-order valence-electron chi connectivity index (χ3n) is 3.78. The van der Waals surface area contributed by atoms with Crippen LogP contribution in [0.15, 0.2) is 46.9 Å². The summed E-state index contributed by atoms with van der Waals surface area (Å²) in [5.41, 5.74) is 6.81. The van der Waals surface area contributed by atoms with Crippen LogP contribution < -0.4 is 20.5 Å². The van der Waals surface area contributed by atoms with E-state index in [2.05, 4.69) is 21.2 Å². The molecule has 1 heterocycles. The predicted octanol–water partition coefficient (Wildman–Crippen LogP) is 2.11. The summed E-state index contributed by atoms with van der Waals surface area (Å²) in [4.78, 5) is 24.1. The summed E-state index contributed by atoms with van der Waals surface area (Å²) in [5, 5.41) is 2.68. The zero-order valence-corrected chi connectivity index (χ0v) is 14.9. The van der Waals surface area contributed by atoms with E-state index >= 15 is 0 Å². The molecule has 2 aromatic rings. The van der Waals surface area contributed by atoms with Gasteiger partial charge in [-0.2, -0.15) is 0 Å². The van der Waals surface area contributed by atoms with E-state index in [1.165, 1.54) is 0 Å². The maximum atomic E-state index is 12.4. The molecule has 0 fully saturated rings. The molecule has 1 unspecified atom stereocenters. The van der Waals surface area contributed by atoms with Crippen molar-refractivity contribution in [2.75, 3.05) is 13.2 Å². The Hall–Kier alpha value is -2.54. The maximum absolute atomic E-state index is 12.4. The molecule has 0 radical (unpaired) electrons. The van der Waals surface area contributed by atoms with E-state index in [-0.39, 0.29) is 12.3 Å². The van der Waals surface area contributed by atoms with Crippen molar-refractivity contribution >= 4 is 27.7 Å². The van der Waals surface area contributed by atoms with Crippen LogP contribution in [0, 0.1) is 0 Å². The first-order valence-electron chi connectivity index (χ1n) is 7.76. The smallest absolute Gasteiger partial charge is 0.244 e. The van der Waals surface area contributed by atoms with Crippen molar-refractivity contribution in [3.8, 4) is 11.5 Å². The predicted molar refractivity (Wildman–Crippen MR) is 95.4 cm³/mol. The van der Waals surface area contributed by atoms with Crippen LogP contribution >= 0.6 is 15.9 Å². The van der Waals surface area contributed by atoms with E-state index in [9.17, 15) is 9.59 Å². The van der Waals surface area contributed by atoms with Crippen molar-refractivity contribution in [3.63, 3.8) is 0 Å². The quantitative estimate of drug-likeness (QED) is 0.798. The standard InChI is InChI=1S/C18H17BrN2O4/c19-13-10-15-14(24-6-7-25-15)8-12(13)9-16(22)21-17(18(20)23)11-4-2-1-3-5-11/h1-5,8,10,17H,6-7,9H2,(H2,20,23)(H,21,22). The Labute approximate surface area is 153 Å². The molecule has 3 N–H and O–H groups in total. The summed E-state index contributed by atoms with van der Waals surface area (Å²) < 4.78 is 11.8. The lowest BCUT2D eigenvalue weighted by Gasteiger charge is -2.20. The van der Waals surface area contributed by atoms with Crippen molar-refractivity contribution in [2.24, 2.45) is 5.73 Å². The van der Waals surface area contributed by atoms with Gasteiger partial charge in [-0.05, 0) is 23.3 Å². The molecule has 25 heavy (non-hydrogen) atoms. The zero-order chi connectivity index (χ0) is 17.8. The number of hydrogen-bond acceptors (Lipinski definition) is 4. The zero-order valence-electron chi connectivity index (χ0n) is 13.3. The minimum Gasteiger partial charge on any atom is -0.486 e. The third-order valence-corrected chi connectivity index (χ3v) is 4.52. The number of amides is 2. The summed E-state index contributed by atoms with van der Waals surface area (Å²) in [5.74, 6) is 0.319. The number of carbonyl (C=O) groups is 2. The molecule has 2 aromatic carbocycles. The maximum Gasteiger partial charge on any atom is 0.244 e. The van der Waals surface area contributed by atoms with Gasteiger partial charge < -0.3 is 20.5 Å². The Balaban J connectivity index is 1.74. The van der Waals surface area contributed by atoms with Crippen LogP contribution in [0.3, 0.4) is 0 Å². The summed E-state index contributed by atoms with van der Waals surface area (Å²) in [6, 6.07) is 11.6. The van der Waals surface area contributed by atoms with Gasteiger partial charge in [-0.15, -0.1) is 0 Å². The molecule has 0 saturated carbocycles. The fourth-order valence-electron chi connectivity index (χ4n) is 2.59. The van der Waals surface area contributed by atoms with E-state index in [0.29, 0.717) is 30.3 Å². The van der Waals surface area contributed by atoms with Crippen LogP contribution in [0.4, 0.5) is 0 Å². The van der Waals surface area contributed by atoms with Gasteiger partial charge in [0.2, 0.25) is 11.8 Å². The highest BCUT2D eigenvalue weighted by molar-refractivity contribution is 9.10. The monoisotopic (exact) mass is 404 g/mol. The molecule has 6 nitrogen and oxygen atoms in total. The molecule has 0 bridgehead atoms. The first kappa shape index (κ1) is 17.3. The number of hydrogen-bond donors (Lipinski definition) is 2. The second kappa shape index (κ2) is 7.57. The molecular formula is C18H17BrN2O4. The second-order valence-electron chi connectivity index (χ2n) is 5.58. The van der Waals surface area contributed by atoms with Crippen LogP contribution in [0.5, 0.6) is 11.5 Å². The highest BCUT2D eigenvalue weighted by Gasteiger charge is 2.22. The first-order chi connectivity index (χ1) is 12.0. The van der Waals surface area contributed by atoms with Gasteiger partial charge in [0.1, 0.15) is 19.3 Å². The number of rotatable bonds is 5. The minimum absolute atomic E-state index is 0.0772. The SMILES string of the molecule is NC(=O)C(NC(=O)Cc1cc2c(cc1Br)OCCO2)c1ccccc1. The van der Waals surface area contributed by atoms with Gasteiger partial charge in [-0.3, -0.25) is 9.59 Å². The van der Waals surface area contributed by atoms with E-state index < -0.39 is 11.9 Å². The molecule has 130 valence electrons. The van der Waals surface area contributed by atoms with Gasteiger partial charge in [0.15, 0.2) is 11.5 Å². The number of nitrogens with one attached hydrogen (secondary N) is 1. The average Bonchev–Trinajstić information content (AvgIpc) is 2.61. The Kier molecular flexibility index (Phi) is 5.23. The normalized spacial score (nSPS) is 13.8. The van der Waals surface area contributed by atoms with Crippen LogP contribution in [0.2, 0.25) is 0 Å². The van der Waals surface area contributed by atoms with Gasteiger partial charge in [0.25, 0.3) is 0 Å². The average molecular weight is 405 g/mol. The Bertz CT molecular complexity index is 795. The van der Waals surface area contributed by atoms with E-state index in [1.807, 2.05) is 6.07 Å². The molecule has 7 heteroatoms. The van der Waals surface area contributed by atoms with Crippen LogP contribution in [0.1, 0.15) is 17.2 Å². The fourth-order valence-corrected chi connectivity index (χ4v) is 3.05. The summed E-state index contributed by atoms with van der Waals surface area (Å²) in [6.07, 6.45) is 0.0772. The van der Waals surface area contributed by atoms with Gasteiger partial charge in [0.05, 0.1) is 6.42 Å². The molecule has 0 spiro atoms. The summed E-state index contributed by atoms with van der Waals surface area (Å²) in [6.45, 7) is 0.967. The van der Waals surface area contributed by atoms with E-state index in [4.69, 9.17) is 15.2 Å². The van der Waals surface area contributed by atoms with Crippen molar-refractivity contribution in [3.05, 3.63) is 58.1 Å². The summed E-state index contributed by atoms with van der Waals surface area (Å²) >= 11 is 3.44. The van der Waals surface area contributed by atoms with E-state index in [1.54, 1.807) is 36.4 Å². The number of halogens is 1. The first-order valence-corrected chi connectivity index (χ1v) is 8.55. The number of benzene rings is 2. The largest absolute Gasteiger partial charge is 0.486 e.